The van der Waals surface area contributed by atoms with Gasteiger partial charge in [0.25, 0.3) is 0 Å². The minimum atomic E-state index is -0.531. The maximum absolute atomic E-state index is 13.2. The summed E-state index contributed by atoms with van der Waals surface area (Å²) < 4.78 is 18.1. The Morgan fingerprint density at radius 3 is 2.94 bits per heavy atom. The molecule has 2 heterocycles. The van der Waals surface area contributed by atoms with E-state index in [2.05, 4.69) is 10.3 Å². The number of aromatic nitrogens is 1. The van der Waals surface area contributed by atoms with Crippen molar-refractivity contribution in [1.29, 1.82) is 0 Å². The standard InChI is InChI=1S/C12H16FN3O2/c1-2-18-12(17)10-7-9(13)8-15-11(10)16-5-3-14-4-6-16/h7-8,14H,2-6H2,1H3. The molecule has 0 spiro atoms. The van der Waals surface area contributed by atoms with E-state index in [1.54, 1.807) is 6.92 Å². The number of esters is 1. The van der Waals surface area contributed by atoms with Crippen LogP contribution in [-0.4, -0.2) is 43.7 Å². The fourth-order valence-corrected chi connectivity index (χ4v) is 1.92. The van der Waals surface area contributed by atoms with Crippen molar-refractivity contribution < 1.29 is 13.9 Å². The lowest BCUT2D eigenvalue weighted by Crippen LogP contribution is -2.44. The van der Waals surface area contributed by atoms with E-state index in [1.165, 1.54) is 6.07 Å². The molecule has 0 amide bonds. The van der Waals surface area contributed by atoms with Gasteiger partial charge < -0.3 is 15.0 Å². The Kier molecular flexibility index (Phi) is 4.09. The molecule has 5 nitrogen and oxygen atoms in total. The topological polar surface area (TPSA) is 54.5 Å². The van der Waals surface area contributed by atoms with E-state index >= 15 is 0 Å². The van der Waals surface area contributed by atoms with Crippen molar-refractivity contribution >= 4 is 11.8 Å². The third-order valence-corrected chi connectivity index (χ3v) is 2.75. The van der Waals surface area contributed by atoms with Gasteiger partial charge in [0, 0.05) is 26.2 Å². The van der Waals surface area contributed by atoms with E-state index in [9.17, 15) is 9.18 Å². The van der Waals surface area contributed by atoms with Crippen LogP contribution in [0.2, 0.25) is 0 Å². The van der Waals surface area contributed by atoms with Crippen molar-refractivity contribution in [2.45, 2.75) is 6.92 Å². The molecule has 0 atom stereocenters. The predicted octanol–water partition coefficient (Wildman–Crippen LogP) is 0.807. The number of hydrogen-bond donors (Lipinski definition) is 1. The zero-order valence-electron chi connectivity index (χ0n) is 10.3. The summed E-state index contributed by atoms with van der Waals surface area (Å²) in [5.41, 5.74) is 0.193. The highest BCUT2D eigenvalue weighted by Crippen LogP contribution is 2.20. The van der Waals surface area contributed by atoms with Gasteiger partial charge in [-0.25, -0.2) is 14.2 Å². The first-order chi connectivity index (χ1) is 8.72. The zero-order chi connectivity index (χ0) is 13.0. The largest absolute Gasteiger partial charge is 0.462 e. The number of nitrogens with one attached hydrogen (secondary N) is 1. The molecule has 1 aliphatic heterocycles. The van der Waals surface area contributed by atoms with Crippen LogP contribution >= 0.6 is 0 Å². The average molecular weight is 253 g/mol. The highest BCUT2D eigenvalue weighted by molar-refractivity contribution is 5.94. The Morgan fingerprint density at radius 2 is 2.28 bits per heavy atom. The number of hydrogen-bond acceptors (Lipinski definition) is 5. The van der Waals surface area contributed by atoms with Crippen molar-refractivity contribution in [3.63, 3.8) is 0 Å². The van der Waals surface area contributed by atoms with Crippen molar-refractivity contribution in [3.8, 4) is 0 Å². The summed E-state index contributed by atoms with van der Waals surface area (Å²) in [6.07, 6.45) is 1.13. The number of ether oxygens (including phenoxy) is 1. The van der Waals surface area contributed by atoms with Crippen LogP contribution in [0.4, 0.5) is 10.2 Å². The van der Waals surface area contributed by atoms with Crippen LogP contribution < -0.4 is 10.2 Å². The maximum Gasteiger partial charge on any atom is 0.342 e. The van der Waals surface area contributed by atoms with E-state index in [1.807, 2.05) is 4.90 Å². The van der Waals surface area contributed by atoms with Gasteiger partial charge in [0.15, 0.2) is 0 Å². The second-order valence-corrected chi connectivity index (χ2v) is 3.98. The van der Waals surface area contributed by atoms with E-state index in [0.29, 0.717) is 5.82 Å². The normalized spacial score (nSPS) is 15.6. The number of piperazine rings is 1. The van der Waals surface area contributed by atoms with Gasteiger partial charge in [-0.15, -0.1) is 0 Å². The first kappa shape index (κ1) is 12.8. The van der Waals surface area contributed by atoms with Crippen molar-refractivity contribution in [3.05, 3.63) is 23.6 Å². The number of carbonyl (C=O) groups is 1. The van der Waals surface area contributed by atoms with Crippen LogP contribution in [0, 0.1) is 5.82 Å². The van der Waals surface area contributed by atoms with E-state index in [0.717, 1.165) is 32.4 Å². The molecule has 98 valence electrons. The van der Waals surface area contributed by atoms with Gasteiger partial charge in [-0.05, 0) is 13.0 Å². The summed E-state index contributed by atoms with van der Waals surface area (Å²) >= 11 is 0. The Bertz CT molecular complexity index is 433. The number of nitrogens with zero attached hydrogens (tertiary/aromatic N) is 2. The Hall–Kier alpha value is -1.69. The molecule has 1 aromatic rings. The zero-order valence-corrected chi connectivity index (χ0v) is 10.3. The molecule has 1 N–H and O–H groups in total. The molecule has 6 heteroatoms. The molecule has 2 rings (SSSR count). The summed E-state index contributed by atoms with van der Waals surface area (Å²) in [7, 11) is 0. The first-order valence-corrected chi connectivity index (χ1v) is 6.00. The monoisotopic (exact) mass is 253 g/mol. The fraction of sp³-hybridized carbons (Fsp3) is 0.500. The number of carbonyl (C=O) groups excluding carboxylic acids is 1. The molecule has 0 aromatic carbocycles. The second-order valence-electron chi connectivity index (χ2n) is 3.98. The SMILES string of the molecule is CCOC(=O)c1cc(F)cnc1N1CCNCC1. The molecule has 0 saturated carbocycles. The third-order valence-electron chi connectivity index (χ3n) is 2.75. The third kappa shape index (κ3) is 2.76. The summed E-state index contributed by atoms with van der Waals surface area (Å²) in [6.45, 7) is 5.10. The van der Waals surface area contributed by atoms with Gasteiger partial charge in [0.2, 0.25) is 0 Å². The van der Waals surface area contributed by atoms with E-state index in [4.69, 9.17) is 4.74 Å². The minimum absolute atomic E-state index is 0.193. The molecule has 18 heavy (non-hydrogen) atoms. The molecule has 1 fully saturated rings. The van der Waals surface area contributed by atoms with Crippen molar-refractivity contribution in [1.82, 2.24) is 10.3 Å². The van der Waals surface area contributed by atoms with Crippen molar-refractivity contribution in [2.75, 3.05) is 37.7 Å². The summed E-state index contributed by atoms with van der Waals surface area (Å²) in [6, 6.07) is 1.18. The predicted molar refractivity (Wildman–Crippen MR) is 65.2 cm³/mol. The summed E-state index contributed by atoms with van der Waals surface area (Å²) in [5, 5.41) is 3.21. The Balaban J connectivity index is 2.30. The quantitative estimate of drug-likeness (QED) is 0.808. The summed E-state index contributed by atoms with van der Waals surface area (Å²) in [4.78, 5) is 17.8. The first-order valence-electron chi connectivity index (χ1n) is 6.00. The maximum atomic E-state index is 13.2. The van der Waals surface area contributed by atoms with Crippen LogP contribution in [0.15, 0.2) is 12.3 Å². The lowest BCUT2D eigenvalue weighted by molar-refractivity contribution is 0.0526. The van der Waals surface area contributed by atoms with E-state index in [-0.39, 0.29) is 12.2 Å². The molecule has 0 radical (unpaired) electrons. The molecular weight excluding hydrogens is 237 g/mol. The Morgan fingerprint density at radius 1 is 1.56 bits per heavy atom. The molecule has 1 aliphatic rings. The summed E-state index contributed by atoms with van der Waals surface area (Å²) in [5.74, 6) is -0.564. The molecule has 0 bridgehead atoms. The number of halogens is 1. The van der Waals surface area contributed by atoms with Crippen LogP contribution in [0.25, 0.3) is 0 Å². The minimum Gasteiger partial charge on any atom is -0.462 e. The molecule has 0 unspecified atom stereocenters. The Labute approximate surface area is 105 Å². The number of anilines is 1. The number of pyridine rings is 1. The lowest BCUT2D eigenvalue weighted by atomic mass is 10.2. The van der Waals surface area contributed by atoms with Gasteiger partial charge in [-0.1, -0.05) is 0 Å². The highest BCUT2D eigenvalue weighted by atomic mass is 19.1. The van der Waals surface area contributed by atoms with Crippen LogP contribution in [0.3, 0.4) is 0 Å². The van der Waals surface area contributed by atoms with Crippen LogP contribution in [-0.2, 0) is 4.74 Å². The molecule has 1 saturated heterocycles. The fourth-order valence-electron chi connectivity index (χ4n) is 1.92. The van der Waals surface area contributed by atoms with Crippen molar-refractivity contribution in [2.24, 2.45) is 0 Å². The molecule has 1 aromatic heterocycles. The van der Waals surface area contributed by atoms with Gasteiger partial charge in [0.1, 0.15) is 17.2 Å². The van der Waals surface area contributed by atoms with Gasteiger partial charge in [-0.3, -0.25) is 0 Å². The smallest absolute Gasteiger partial charge is 0.342 e. The highest BCUT2D eigenvalue weighted by Gasteiger charge is 2.21. The van der Waals surface area contributed by atoms with Gasteiger partial charge >= 0.3 is 5.97 Å². The second kappa shape index (κ2) is 5.77. The molecule has 0 aliphatic carbocycles. The van der Waals surface area contributed by atoms with Crippen LogP contribution in [0.1, 0.15) is 17.3 Å². The average Bonchev–Trinajstić information content (AvgIpc) is 2.40. The molecular formula is C12H16FN3O2. The van der Waals surface area contributed by atoms with E-state index < -0.39 is 11.8 Å². The van der Waals surface area contributed by atoms with Gasteiger partial charge in [0.05, 0.1) is 12.8 Å². The number of rotatable bonds is 3. The lowest BCUT2D eigenvalue weighted by Gasteiger charge is -2.29. The van der Waals surface area contributed by atoms with Gasteiger partial charge in [-0.2, -0.15) is 0 Å². The van der Waals surface area contributed by atoms with Crippen LogP contribution in [0.5, 0.6) is 0 Å².